The summed E-state index contributed by atoms with van der Waals surface area (Å²) in [6, 6.07) is 2.12. The fourth-order valence-electron chi connectivity index (χ4n) is 2.01. The van der Waals surface area contributed by atoms with Gasteiger partial charge in [0.05, 0.1) is 12.7 Å². The van der Waals surface area contributed by atoms with Crippen molar-refractivity contribution in [2.45, 2.75) is 32.5 Å². The number of aromatic nitrogens is 1. The van der Waals surface area contributed by atoms with E-state index in [1.807, 2.05) is 6.92 Å². The van der Waals surface area contributed by atoms with Gasteiger partial charge in [0, 0.05) is 39.3 Å². The second-order valence-corrected chi connectivity index (χ2v) is 4.59. The molecule has 0 fully saturated rings. The molecule has 0 saturated heterocycles. The highest BCUT2D eigenvalue weighted by atomic mass is 16.5. The van der Waals surface area contributed by atoms with E-state index in [4.69, 9.17) is 14.2 Å². The third-order valence-electron chi connectivity index (χ3n) is 2.99. The normalized spacial score (nSPS) is 13.3. The number of hydrogen-bond acceptors (Lipinski definition) is 3. The van der Waals surface area contributed by atoms with Gasteiger partial charge in [0.15, 0.2) is 0 Å². The molecule has 0 bridgehead atoms. The number of aryl methyl sites for hydroxylation is 1. The van der Waals surface area contributed by atoms with Crippen LogP contribution in [0.15, 0.2) is 12.1 Å². The predicted octanol–water partition coefficient (Wildman–Crippen LogP) is 2.92. The van der Waals surface area contributed by atoms with Crippen molar-refractivity contribution < 1.29 is 14.2 Å². The molecule has 1 heterocycles. The van der Waals surface area contributed by atoms with Gasteiger partial charge in [-0.15, -0.1) is 0 Å². The summed E-state index contributed by atoms with van der Waals surface area (Å²) in [5.41, 5.74) is 3.40. The van der Waals surface area contributed by atoms with E-state index in [9.17, 15) is 0 Å². The molecule has 4 nitrogen and oxygen atoms in total. The van der Waals surface area contributed by atoms with Gasteiger partial charge >= 0.3 is 0 Å². The molecule has 1 aromatic heterocycles. The molecule has 1 unspecified atom stereocenters. The fourth-order valence-corrected chi connectivity index (χ4v) is 2.01. The Morgan fingerprint density at radius 3 is 2.68 bits per heavy atom. The molecule has 0 aliphatic heterocycles. The van der Waals surface area contributed by atoms with Crippen LogP contribution in [-0.4, -0.2) is 39.0 Å². The lowest BCUT2D eigenvalue weighted by molar-refractivity contribution is 0.117. The minimum absolute atomic E-state index is 0.126. The number of methoxy groups -OCH3 is 3. The number of nitrogens with one attached hydrogen (secondary N) is 1. The van der Waals surface area contributed by atoms with Crippen molar-refractivity contribution in [2.75, 3.05) is 27.9 Å². The first-order valence-corrected chi connectivity index (χ1v) is 6.58. The fraction of sp³-hybridized carbons (Fsp3) is 0.600. The SMILES string of the molecule is COCCCC(/C=C\c1cc(C)[nH]c1COC)OC. The number of ether oxygens (including phenoxy) is 3. The number of hydrogen-bond donors (Lipinski definition) is 1. The maximum atomic E-state index is 5.44. The second-order valence-electron chi connectivity index (χ2n) is 4.59. The number of aromatic amines is 1. The van der Waals surface area contributed by atoms with Gasteiger partial charge < -0.3 is 19.2 Å². The third-order valence-corrected chi connectivity index (χ3v) is 2.99. The molecular formula is C15H25NO3. The Kier molecular flexibility index (Phi) is 7.48. The Labute approximate surface area is 115 Å². The van der Waals surface area contributed by atoms with Gasteiger partial charge in [-0.25, -0.2) is 0 Å². The smallest absolute Gasteiger partial charge is 0.0868 e. The quantitative estimate of drug-likeness (QED) is 0.700. The standard InChI is InChI=1S/C15H25NO3/c1-12-10-13(15(16-12)11-18-3)7-8-14(19-4)6-5-9-17-2/h7-8,10,14,16H,5-6,9,11H2,1-4H3/b8-7-. The largest absolute Gasteiger partial charge is 0.385 e. The Bertz CT molecular complexity index is 385. The lowest BCUT2D eigenvalue weighted by atomic mass is 10.1. The molecule has 0 aromatic carbocycles. The van der Waals surface area contributed by atoms with Crippen molar-refractivity contribution in [2.24, 2.45) is 0 Å². The lowest BCUT2D eigenvalue weighted by Gasteiger charge is -2.10. The molecule has 19 heavy (non-hydrogen) atoms. The van der Waals surface area contributed by atoms with Gasteiger partial charge in [-0.2, -0.15) is 0 Å². The van der Waals surface area contributed by atoms with E-state index in [-0.39, 0.29) is 6.10 Å². The topological polar surface area (TPSA) is 43.5 Å². The highest BCUT2D eigenvalue weighted by molar-refractivity contribution is 5.53. The number of H-pyrrole nitrogens is 1. The van der Waals surface area contributed by atoms with Crippen LogP contribution >= 0.6 is 0 Å². The van der Waals surface area contributed by atoms with Gasteiger partial charge in [-0.05, 0) is 31.4 Å². The summed E-state index contributed by atoms with van der Waals surface area (Å²) < 4.78 is 15.7. The van der Waals surface area contributed by atoms with Crippen LogP contribution in [0.1, 0.15) is 29.8 Å². The van der Waals surface area contributed by atoms with E-state index >= 15 is 0 Å². The molecule has 108 valence electrons. The van der Waals surface area contributed by atoms with E-state index in [0.29, 0.717) is 6.61 Å². The van der Waals surface area contributed by atoms with Crippen molar-refractivity contribution in [1.29, 1.82) is 0 Å². The summed E-state index contributed by atoms with van der Waals surface area (Å²) in [6.45, 7) is 3.41. The summed E-state index contributed by atoms with van der Waals surface area (Å²) in [4.78, 5) is 3.30. The molecule has 1 aromatic rings. The molecule has 0 aliphatic carbocycles. The van der Waals surface area contributed by atoms with Crippen molar-refractivity contribution in [3.05, 3.63) is 29.1 Å². The Morgan fingerprint density at radius 1 is 1.26 bits per heavy atom. The van der Waals surface area contributed by atoms with Gasteiger partial charge in [-0.3, -0.25) is 0 Å². The number of rotatable bonds is 9. The van der Waals surface area contributed by atoms with Crippen molar-refractivity contribution in [3.63, 3.8) is 0 Å². The van der Waals surface area contributed by atoms with Crippen molar-refractivity contribution in [1.82, 2.24) is 4.98 Å². The van der Waals surface area contributed by atoms with Crippen LogP contribution in [0, 0.1) is 6.92 Å². The summed E-state index contributed by atoms with van der Waals surface area (Å²) in [7, 11) is 5.16. The molecule has 0 saturated carbocycles. The first-order chi connectivity index (χ1) is 9.21. The van der Waals surface area contributed by atoms with Crippen LogP contribution in [0.4, 0.5) is 0 Å². The molecule has 0 spiro atoms. The van der Waals surface area contributed by atoms with Gasteiger partial charge in [0.2, 0.25) is 0 Å². The van der Waals surface area contributed by atoms with Crippen molar-refractivity contribution >= 4 is 6.08 Å². The van der Waals surface area contributed by atoms with Gasteiger partial charge in [0.1, 0.15) is 0 Å². The summed E-state index contributed by atoms with van der Waals surface area (Å²) in [6.07, 6.45) is 6.28. The van der Waals surface area contributed by atoms with Crippen LogP contribution in [0.5, 0.6) is 0 Å². The van der Waals surface area contributed by atoms with E-state index < -0.39 is 0 Å². The van der Waals surface area contributed by atoms with Crippen LogP contribution in [0.25, 0.3) is 6.08 Å². The molecule has 1 atom stereocenters. The van der Waals surface area contributed by atoms with Crippen LogP contribution in [0.2, 0.25) is 0 Å². The third kappa shape index (κ3) is 5.59. The van der Waals surface area contributed by atoms with E-state index in [1.54, 1.807) is 21.3 Å². The van der Waals surface area contributed by atoms with Crippen LogP contribution in [0.3, 0.4) is 0 Å². The molecule has 0 radical (unpaired) electrons. The zero-order valence-electron chi connectivity index (χ0n) is 12.4. The molecule has 1 rings (SSSR count). The lowest BCUT2D eigenvalue weighted by Crippen LogP contribution is -2.07. The average Bonchev–Trinajstić information content (AvgIpc) is 2.74. The maximum Gasteiger partial charge on any atom is 0.0868 e. The highest BCUT2D eigenvalue weighted by Crippen LogP contribution is 2.15. The maximum absolute atomic E-state index is 5.44. The zero-order chi connectivity index (χ0) is 14.1. The molecule has 1 N–H and O–H groups in total. The summed E-state index contributed by atoms with van der Waals surface area (Å²) >= 11 is 0. The minimum atomic E-state index is 0.126. The summed E-state index contributed by atoms with van der Waals surface area (Å²) in [5, 5.41) is 0. The van der Waals surface area contributed by atoms with Gasteiger partial charge in [0.25, 0.3) is 0 Å². The Morgan fingerprint density at radius 2 is 2.05 bits per heavy atom. The molecule has 0 amide bonds. The predicted molar refractivity (Wildman–Crippen MR) is 77.2 cm³/mol. The minimum Gasteiger partial charge on any atom is -0.385 e. The Hall–Kier alpha value is -1.10. The van der Waals surface area contributed by atoms with E-state index in [2.05, 4.69) is 23.2 Å². The molecule has 0 aliphatic rings. The highest BCUT2D eigenvalue weighted by Gasteiger charge is 2.06. The first-order valence-electron chi connectivity index (χ1n) is 6.58. The van der Waals surface area contributed by atoms with Crippen LogP contribution in [-0.2, 0) is 20.8 Å². The molecular weight excluding hydrogens is 242 g/mol. The zero-order valence-corrected chi connectivity index (χ0v) is 12.4. The summed E-state index contributed by atoms with van der Waals surface area (Å²) in [5.74, 6) is 0. The van der Waals surface area contributed by atoms with Crippen molar-refractivity contribution in [3.8, 4) is 0 Å². The molecule has 4 heteroatoms. The Balaban J connectivity index is 2.62. The van der Waals surface area contributed by atoms with Gasteiger partial charge in [-0.1, -0.05) is 12.2 Å². The average molecular weight is 267 g/mol. The first kappa shape index (κ1) is 16.0. The monoisotopic (exact) mass is 267 g/mol. The van der Waals surface area contributed by atoms with Crippen LogP contribution < -0.4 is 0 Å². The van der Waals surface area contributed by atoms with E-state index in [0.717, 1.165) is 36.4 Å². The van der Waals surface area contributed by atoms with E-state index in [1.165, 1.54) is 0 Å². The second kappa shape index (κ2) is 8.91.